The van der Waals surface area contributed by atoms with Crippen LogP contribution in [0.2, 0.25) is 0 Å². The van der Waals surface area contributed by atoms with Gasteiger partial charge in [-0.2, -0.15) is 5.10 Å². The van der Waals surface area contributed by atoms with Gasteiger partial charge in [0.05, 0.1) is 12.5 Å². The molecule has 0 aliphatic carbocycles. The molecule has 1 fully saturated rings. The van der Waals surface area contributed by atoms with E-state index in [2.05, 4.69) is 15.4 Å². The Labute approximate surface area is 110 Å². The predicted octanol–water partition coefficient (Wildman–Crippen LogP) is -0.179. The topological polar surface area (TPSA) is 100 Å². The van der Waals surface area contributed by atoms with E-state index >= 15 is 0 Å². The summed E-state index contributed by atoms with van der Waals surface area (Å²) in [4.78, 5) is 28.3. The summed E-state index contributed by atoms with van der Waals surface area (Å²) < 4.78 is 1.57. The third-order valence-electron chi connectivity index (χ3n) is 3.18. The first-order valence-electron chi connectivity index (χ1n) is 6.16. The molecule has 2 amide bonds. The quantitative estimate of drug-likeness (QED) is 0.791. The van der Waals surface area contributed by atoms with Gasteiger partial charge < -0.3 is 15.3 Å². The number of hydrogen-bond acceptors (Lipinski definition) is 4. The van der Waals surface area contributed by atoms with Crippen LogP contribution < -0.4 is 5.32 Å². The minimum atomic E-state index is -0.780. The summed E-state index contributed by atoms with van der Waals surface area (Å²) in [6, 6.07) is -0.198. The number of aryl methyl sites for hydroxylation is 1. The maximum absolute atomic E-state index is 11.9. The molecule has 1 aliphatic heterocycles. The van der Waals surface area contributed by atoms with Gasteiger partial charge in [-0.15, -0.1) is 0 Å². The van der Waals surface area contributed by atoms with Gasteiger partial charge in [-0.25, -0.2) is 9.78 Å². The van der Waals surface area contributed by atoms with Crippen LogP contribution in [-0.2, 0) is 18.4 Å². The Bertz CT molecular complexity index is 465. The third kappa shape index (κ3) is 3.43. The molecule has 0 radical (unpaired) electrons. The number of nitrogens with zero attached hydrogens (tertiary/aromatic N) is 4. The predicted molar refractivity (Wildman–Crippen MR) is 65.2 cm³/mol. The minimum absolute atomic E-state index is 0.198. The highest BCUT2D eigenvalue weighted by molar-refractivity contribution is 5.75. The lowest BCUT2D eigenvalue weighted by atomic mass is 9.97. The molecule has 8 heteroatoms. The highest BCUT2D eigenvalue weighted by atomic mass is 16.4. The lowest BCUT2D eigenvalue weighted by Gasteiger charge is -2.29. The summed E-state index contributed by atoms with van der Waals surface area (Å²) in [5, 5.41) is 15.7. The van der Waals surface area contributed by atoms with E-state index in [-0.39, 0.29) is 18.5 Å². The average Bonchev–Trinajstić information content (AvgIpc) is 2.82. The van der Waals surface area contributed by atoms with Gasteiger partial charge in [-0.05, 0) is 12.8 Å². The number of amides is 2. The van der Waals surface area contributed by atoms with Crippen molar-refractivity contribution in [3.05, 3.63) is 12.2 Å². The van der Waals surface area contributed by atoms with Crippen LogP contribution in [0.1, 0.15) is 18.7 Å². The van der Waals surface area contributed by atoms with Crippen molar-refractivity contribution in [1.29, 1.82) is 0 Å². The minimum Gasteiger partial charge on any atom is -0.481 e. The monoisotopic (exact) mass is 267 g/mol. The van der Waals surface area contributed by atoms with Crippen molar-refractivity contribution < 1.29 is 14.7 Å². The molecule has 104 valence electrons. The molecule has 0 bridgehead atoms. The molecule has 19 heavy (non-hydrogen) atoms. The van der Waals surface area contributed by atoms with E-state index in [4.69, 9.17) is 5.11 Å². The van der Waals surface area contributed by atoms with Gasteiger partial charge in [0.25, 0.3) is 0 Å². The zero-order valence-corrected chi connectivity index (χ0v) is 10.7. The van der Waals surface area contributed by atoms with Crippen LogP contribution in [0.5, 0.6) is 0 Å². The second kappa shape index (κ2) is 5.68. The average molecular weight is 267 g/mol. The second-order valence-electron chi connectivity index (χ2n) is 4.59. The molecule has 0 saturated carbocycles. The van der Waals surface area contributed by atoms with Crippen LogP contribution in [0.15, 0.2) is 6.33 Å². The van der Waals surface area contributed by atoms with Crippen molar-refractivity contribution in [2.45, 2.75) is 19.4 Å². The molecule has 2 N–H and O–H groups in total. The van der Waals surface area contributed by atoms with E-state index < -0.39 is 5.97 Å². The van der Waals surface area contributed by atoms with Gasteiger partial charge in [-0.1, -0.05) is 0 Å². The molecule has 2 heterocycles. The van der Waals surface area contributed by atoms with Crippen molar-refractivity contribution in [2.24, 2.45) is 13.0 Å². The molecule has 0 unspecified atom stereocenters. The molecule has 1 aromatic rings. The van der Waals surface area contributed by atoms with E-state index in [1.54, 1.807) is 23.0 Å². The first-order valence-corrected chi connectivity index (χ1v) is 6.16. The third-order valence-corrected chi connectivity index (χ3v) is 3.18. The molecular formula is C11H17N5O3. The normalized spacial score (nSPS) is 16.4. The summed E-state index contributed by atoms with van der Waals surface area (Å²) in [6.45, 7) is 1.22. The summed E-state index contributed by atoms with van der Waals surface area (Å²) in [7, 11) is 1.76. The Morgan fingerprint density at radius 3 is 2.68 bits per heavy atom. The summed E-state index contributed by atoms with van der Waals surface area (Å²) in [5.74, 6) is -0.560. The van der Waals surface area contributed by atoms with E-state index in [1.165, 1.54) is 0 Å². The van der Waals surface area contributed by atoms with E-state index in [9.17, 15) is 9.59 Å². The number of carbonyl (C=O) groups is 2. The molecule has 1 aliphatic rings. The highest BCUT2D eigenvalue weighted by Crippen LogP contribution is 2.17. The molecule has 0 atom stereocenters. The first kappa shape index (κ1) is 13.3. The van der Waals surface area contributed by atoms with Gasteiger partial charge in [0.15, 0.2) is 5.82 Å². The number of aromatic nitrogens is 3. The molecule has 2 rings (SSSR count). The van der Waals surface area contributed by atoms with Crippen molar-refractivity contribution >= 4 is 12.0 Å². The number of rotatable bonds is 3. The molecular weight excluding hydrogens is 250 g/mol. The van der Waals surface area contributed by atoms with Crippen molar-refractivity contribution in [2.75, 3.05) is 13.1 Å². The lowest BCUT2D eigenvalue weighted by molar-refractivity contribution is -0.143. The number of carboxylic acid groups (broad SMARTS) is 1. The SMILES string of the molecule is Cn1cnc(CNC(=O)N2CCC(C(=O)O)CC2)n1. The maximum Gasteiger partial charge on any atom is 0.317 e. The Morgan fingerprint density at radius 2 is 2.16 bits per heavy atom. The van der Waals surface area contributed by atoms with Crippen LogP contribution in [0.4, 0.5) is 4.79 Å². The molecule has 0 aromatic carbocycles. The van der Waals surface area contributed by atoms with Crippen LogP contribution >= 0.6 is 0 Å². The fraction of sp³-hybridized carbons (Fsp3) is 0.636. The van der Waals surface area contributed by atoms with E-state index in [1.807, 2.05) is 0 Å². The van der Waals surface area contributed by atoms with Crippen LogP contribution in [0, 0.1) is 5.92 Å². The number of carbonyl (C=O) groups excluding carboxylic acids is 1. The zero-order valence-electron chi connectivity index (χ0n) is 10.7. The molecule has 1 aromatic heterocycles. The fourth-order valence-electron chi connectivity index (χ4n) is 2.06. The zero-order chi connectivity index (χ0) is 13.8. The first-order chi connectivity index (χ1) is 9.06. The summed E-state index contributed by atoms with van der Waals surface area (Å²) >= 11 is 0. The number of aliphatic carboxylic acids is 1. The summed E-state index contributed by atoms with van der Waals surface area (Å²) in [5.41, 5.74) is 0. The second-order valence-corrected chi connectivity index (χ2v) is 4.59. The molecule has 1 saturated heterocycles. The van der Waals surface area contributed by atoms with Crippen LogP contribution in [0.25, 0.3) is 0 Å². The van der Waals surface area contributed by atoms with E-state index in [0.717, 1.165) is 0 Å². The fourth-order valence-corrected chi connectivity index (χ4v) is 2.06. The van der Waals surface area contributed by atoms with Crippen molar-refractivity contribution in [3.8, 4) is 0 Å². The van der Waals surface area contributed by atoms with E-state index in [0.29, 0.717) is 31.8 Å². The standard InChI is InChI=1S/C11H17N5O3/c1-15-7-13-9(14-15)6-12-11(19)16-4-2-8(3-5-16)10(17)18/h7-8H,2-6H2,1H3,(H,12,19)(H,17,18). The largest absolute Gasteiger partial charge is 0.481 e. The lowest BCUT2D eigenvalue weighted by Crippen LogP contribution is -2.45. The van der Waals surface area contributed by atoms with Gasteiger partial charge in [0, 0.05) is 20.1 Å². The summed E-state index contributed by atoms with van der Waals surface area (Å²) in [6.07, 6.45) is 2.58. The van der Waals surface area contributed by atoms with Gasteiger partial charge >= 0.3 is 12.0 Å². The van der Waals surface area contributed by atoms with Crippen LogP contribution in [0.3, 0.4) is 0 Å². The Morgan fingerprint density at radius 1 is 1.47 bits per heavy atom. The maximum atomic E-state index is 11.9. The number of nitrogens with one attached hydrogen (secondary N) is 1. The Hall–Kier alpha value is -2.12. The smallest absolute Gasteiger partial charge is 0.317 e. The number of urea groups is 1. The van der Waals surface area contributed by atoms with Gasteiger partial charge in [-0.3, -0.25) is 9.48 Å². The number of carboxylic acids is 1. The highest BCUT2D eigenvalue weighted by Gasteiger charge is 2.26. The van der Waals surface area contributed by atoms with Crippen molar-refractivity contribution in [3.63, 3.8) is 0 Å². The molecule has 0 spiro atoms. The van der Waals surface area contributed by atoms with Gasteiger partial charge in [0.2, 0.25) is 0 Å². The van der Waals surface area contributed by atoms with Crippen LogP contribution in [-0.4, -0.2) is 49.9 Å². The number of hydrogen-bond donors (Lipinski definition) is 2. The Balaban J connectivity index is 1.77. The van der Waals surface area contributed by atoms with Gasteiger partial charge in [0.1, 0.15) is 6.33 Å². The van der Waals surface area contributed by atoms with Crippen molar-refractivity contribution in [1.82, 2.24) is 25.0 Å². The number of likely N-dealkylation sites (tertiary alicyclic amines) is 1. The number of piperidine rings is 1. The Kier molecular flexibility index (Phi) is 3.98. The molecule has 8 nitrogen and oxygen atoms in total.